The highest BCUT2D eigenvalue weighted by atomic mass is 32.2. The summed E-state index contributed by atoms with van der Waals surface area (Å²) in [5, 5.41) is 0. The average molecular weight is 288 g/mol. The second-order valence-electron chi connectivity index (χ2n) is 4.37. The van der Waals surface area contributed by atoms with Gasteiger partial charge in [0.2, 0.25) is 0 Å². The van der Waals surface area contributed by atoms with Crippen molar-refractivity contribution in [2.45, 2.75) is 17.9 Å². The molecule has 0 bridgehead atoms. The predicted molar refractivity (Wildman–Crippen MR) is 85.0 cm³/mol. The van der Waals surface area contributed by atoms with E-state index in [1.54, 1.807) is 7.11 Å². The molecule has 0 amide bonds. The molecule has 0 saturated heterocycles. The number of nitrogens with one attached hydrogen (secondary N) is 1. The van der Waals surface area contributed by atoms with Crippen LogP contribution in [0, 0.1) is 0 Å². The van der Waals surface area contributed by atoms with Gasteiger partial charge in [-0.15, -0.1) is 11.8 Å². The molecule has 0 heterocycles. The number of rotatable bonds is 6. The van der Waals surface area contributed by atoms with E-state index < -0.39 is 0 Å². The lowest BCUT2D eigenvalue weighted by molar-refractivity contribution is 0.414. The summed E-state index contributed by atoms with van der Waals surface area (Å²) in [5.74, 6) is 7.64. The molecule has 1 unspecified atom stereocenters. The molecule has 2 aromatic carbocycles. The fourth-order valence-electron chi connectivity index (χ4n) is 2.10. The van der Waals surface area contributed by atoms with Crippen molar-refractivity contribution in [2.75, 3.05) is 12.9 Å². The summed E-state index contributed by atoms with van der Waals surface area (Å²) in [4.78, 5) is 1.28. The molecule has 4 heteroatoms. The molecule has 0 aromatic heterocycles. The van der Waals surface area contributed by atoms with Crippen LogP contribution < -0.4 is 16.0 Å². The minimum absolute atomic E-state index is 0.0124. The van der Waals surface area contributed by atoms with Gasteiger partial charge in [0, 0.05) is 4.90 Å². The van der Waals surface area contributed by atoms with Crippen LogP contribution in [0.3, 0.4) is 0 Å². The Morgan fingerprint density at radius 1 is 1.05 bits per heavy atom. The normalized spacial score (nSPS) is 12.2. The van der Waals surface area contributed by atoms with Gasteiger partial charge in [-0.3, -0.25) is 5.84 Å². The van der Waals surface area contributed by atoms with Crippen LogP contribution in [0.5, 0.6) is 5.75 Å². The van der Waals surface area contributed by atoms with Crippen LogP contribution in [0.4, 0.5) is 0 Å². The lowest BCUT2D eigenvalue weighted by Gasteiger charge is -2.17. The van der Waals surface area contributed by atoms with E-state index in [0.29, 0.717) is 0 Å². The molecule has 2 rings (SSSR count). The largest absolute Gasteiger partial charge is 0.497 e. The van der Waals surface area contributed by atoms with Crippen LogP contribution in [0.1, 0.15) is 24.1 Å². The lowest BCUT2D eigenvalue weighted by Crippen LogP contribution is -2.28. The maximum atomic E-state index is 5.72. The third-order valence-corrected chi connectivity index (χ3v) is 4.03. The minimum Gasteiger partial charge on any atom is -0.497 e. The fourth-order valence-corrected chi connectivity index (χ4v) is 2.77. The number of hydrogen-bond acceptors (Lipinski definition) is 4. The molecule has 3 nitrogen and oxygen atoms in total. The maximum absolute atomic E-state index is 5.72. The van der Waals surface area contributed by atoms with Gasteiger partial charge in [0.05, 0.1) is 13.2 Å². The molecule has 0 fully saturated rings. The Morgan fingerprint density at radius 2 is 1.60 bits per heavy atom. The topological polar surface area (TPSA) is 47.3 Å². The second kappa shape index (κ2) is 7.33. The van der Waals surface area contributed by atoms with Gasteiger partial charge in [0.1, 0.15) is 5.75 Å². The smallest absolute Gasteiger partial charge is 0.118 e. The molecule has 0 radical (unpaired) electrons. The molecule has 0 spiro atoms. The molecule has 3 N–H and O–H groups in total. The van der Waals surface area contributed by atoms with Crippen LogP contribution in [-0.2, 0) is 0 Å². The Balaban J connectivity index is 2.21. The first kappa shape index (κ1) is 14.9. The van der Waals surface area contributed by atoms with E-state index in [-0.39, 0.29) is 6.04 Å². The zero-order valence-corrected chi connectivity index (χ0v) is 12.6. The summed E-state index contributed by atoms with van der Waals surface area (Å²) in [6.45, 7) is 2.15. The van der Waals surface area contributed by atoms with Gasteiger partial charge in [-0.25, -0.2) is 5.43 Å². The van der Waals surface area contributed by atoms with Crippen molar-refractivity contribution in [2.24, 2.45) is 5.84 Å². The molecule has 2 aromatic rings. The monoisotopic (exact) mass is 288 g/mol. The number of ether oxygens (including phenoxy) is 1. The summed E-state index contributed by atoms with van der Waals surface area (Å²) in [6, 6.07) is 16.4. The van der Waals surface area contributed by atoms with Gasteiger partial charge >= 0.3 is 0 Å². The molecule has 1 atom stereocenters. The Bertz CT molecular complexity index is 525. The van der Waals surface area contributed by atoms with Crippen molar-refractivity contribution in [3.8, 4) is 5.75 Å². The zero-order valence-electron chi connectivity index (χ0n) is 11.8. The summed E-state index contributed by atoms with van der Waals surface area (Å²) >= 11 is 1.84. The first-order valence-corrected chi connectivity index (χ1v) is 7.60. The predicted octanol–water partition coefficient (Wildman–Crippen LogP) is 3.36. The van der Waals surface area contributed by atoms with Crippen molar-refractivity contribution in [1.82, 2.24) is 5.43 Å². The van der Waals surface area contributed by atoms with Crippen molar-refractivity contribution in [3.63, 3.8) is 0 Å². The molecule has 0 aliphatic carbocycles. The Hall–Kier alpha value is -1.49. The number of hydrogen-bond donors (Lipinski definition) is 2. The number of thioether (sulfide) groups is 1. The van der Waals surface area contributed by atoms with Gasteiger partial charge in [-0.1, -0.05) is 31.2 Å². The van der Waals surface area contributed by atoms with E-state index in [4.69, 9.17) is 10.6 Å². The molecule has 0 aliphatic rings. The maximum Gasteiger partial charge on any atom is 0.118 e. The highest BCUT2D eigenvalue weighted by Crippen LogP contribution is 2.26. The highest BCUT2D eigenvalue weighted by molar-refractivity contribution is 7.99. The molecule has 0 saturated carbocycles. The highest BCUT2D eigenvalue weighted by Gasteiger charge is 2.12. The van der Waals surface area contributed by atoms with Crippen LogP contribution in [-0.4, -0.2) is 12.9 Å². The van der Waals surface area contributed by atoms with Gasteiger partial charge in [0.15, 0.2) is 0 Å². The van der Waals surface area contributed by atoms with Crippen molar-refractivity contribution in [1.29, 1.82) is 0 Å². The van der Waals surface area contributed by atoms with Gasteiger partial charge in [0.25, 0.3) is 0 Å². The van der Waals surface area contributed by atoms with E-state index in [1.165, 1.54) is 4.90 Å². The quantitative estimate of drug-likeness (QED) is 0.486. The Labute approximate surface area is 124 Å². The van der Waals surface area contributed by atoms with Crippen LogP contribution >= 0.6 is 11.8 Å². The fraction of sp³-hybridized carbons (Fsp3) is 0.250. The van der Waals surface area contributed by atoms with Crippen molar-refractivity contribution < 1.29 is 4.74 Å². The van der Waals surface area contributed by atoms with Crippen LogP contribution in [0.25, 0.3) is 0 Å². The number of nitrogens with two attached hydrogens (primary N) is 1. The van der Waals surface area contributed by atoms with Crippen LogP contribution in [0.15, 0.2) is 53.4 Å². The standard InChI is InChI=1S/C16H20N2OS/c1-3-20-15-10-6-13(7-11-15)16(18-17)12-4-8-14(19-2)9-5-12/h4-11,16,18H,3,17H2,1-2H3. The van der Waals surface area contributed by atoms with E-state index >= 15 is 0 Å². The zero-order chi connectivity index (χ0) is 14.4. The van der Waals surface area contributed by atoms with Crippen molar-refractivity contribution >= 4 is 11.8 Å². The van der Waals surface area contributed by atoms with Crippen LogP contribution in [0.2, 0.25) is 0 Å². The molecule has 106 valence electrons. The Morgan fingerprint density at radius 3 is 2.05 bits per heavy atom. The van der Waals surface area contributed by atoms with E-state index in [2.05, 4.69) is 36.6 Å². The summed E-state index contributed by atoms with van der Waals surface area (Å²) in [7, 11) is 1.66. The SMILES string of the molecule is CCSc1ccc(C(NN)c2ccc(OC)cc2)cc1. The molecule has 0 aliphatic heterocycles. The lowest BCUT2D eigenvalue weighted by atomic mass is 9.99. The van der Waals surface area contributed by atoms with E-state index in [0.717, 1.165) is 22.6 Å². The number of benzene rings is 2. The molecular weight excluding hydrogens is 268 g/mol. The van der Waals surface area contributed by atoms with Gasteiger partial charge in [-0.05, 0) is 41.1 Å². The molecule has 20 heavy (non-hydrogen) atoms. The summed E-state index contributed by atoms with van der Waals surface area (Å²) in [5.41, 5.74) is 5.14. The van der Waals surface area contributed by atoms with Gasteiger partial charge in [-0.2, -0.15) is 0 Å². The van der Waals surface area contributed by atoms with Crippen molar-refractivity contribution in [3.05, 3.63) is 59.7 Å². The van der Waals surface area contributed by atoms with Gasteiger partial charge < -0.3 is 4.74 Å². The summed E-state index contributed by atoms with van der Waals surface area (Å²) in [6.07, 6.45) is 0. The number of hydrazine groups is 1. The summed E-state index contributed by atoms with van der Waals surface area (Å²) < 4.78 is 5.18. The third-order valence-electron chi connectivity index (χ3n) is 3.14. The third kappa shape index (κ3) is 3.54. The second-order valence-corrected chi connectivity index (χ2v) is 5.71. The first-order valence-electron chi connectivity index (χ1n) is 6.61. The minimum atomic E-state index is -0.0124. The van der Waals surface area contributed by atoms with E-state index in [9.17, 15) is 0 Å². The molecular formula is C16H20N2OS. The average Bonchev–Trinajstić information content (AvgIpc) is 2.51. The first-order chi connectivity index (χ1) is 9.78. The number of methoxy groups -OCH3 is 1. The Kier molecular flexibility index (Phi) is 5.47. The van der Waals surface area contributed by atoms with E-state index in [1.807, 2.05) is 36.0 Å².